The highest BCUT2D eigenvalue weighted by Gasteiger charge is 2.18. The summed E-state index contributed by atoms with van der Waals surface area (Å²) in [4.78, 5) is 18.1. The predicted octanol–water partition coefficient (Wildman–Crippen LogP) is 1.19. The van der Waals surface area contributed by atoms with Crippen LogP contribution in [-0.2, 0) is 0 Å². The zero-order chi connectivity index (χ0) is 11.7. The Morgan fingerprint density at radius 1 is 1.44 bits per heavy atom. The van der Waals surface area contributed by atoms with Crippen LogP contribution in [0.15, 0.2) is 18.3 Å². The maximum absolute atomic E-state index is 10.8. The Morgan fingerprint density at radius 3 is 2.75 bits per heavy atom. The Hall–Kier alpha value is -2.31. The molecule has 0 atom stereocenters. The Morgan fingerprint density at radius 2 is 2.19 bits per heavy atom. The molecular weight excluding hydrogens is 210 g/mol. The van der Waals surface area contributed by atoms with Gasteiger partial charge in [0.25, 0.3) is 0 Å². The van der Waals surface area contributed by atoms with Gasteiger partial charge < -0.3 is 10.1 Å². The predicted molar refractivity (Wildman–Crippen MR) is 55.3 cm³/mol. The van der Waals surface area contributed by atoms with Gasteiger partial charge in [-0.25, -0.2) is 9.67 Å². The van der Waals surface area contributed by atoms with Crippen molar-refractivity contribution in [1.82, 2.24) is 19.7 Å². The van der Waals surface area contributed by atoms with E-state index in [2.05, 4.69) is 15.1 Å². The molecule has 0 aromatic carbocycles. The Kier molecular flexibility index (Phi) is 2.35. The van der Waals surface area contributed by atoms with Crippen molar-refractivity contribution in [1.29, 1.82) is 0 Å². The maximum atomic E-state index is 10.8. The lowest BCUT2D eigenvalue weighted by Crippen LogP contribution is -2.05. The summed E-state index contributed by atoms with van der Waals surface area (Å²) in [6.45, 7) is 3.46. The number of nitro groups is 1. The molecule has 0 saturated heterocycles. The van der Waals surface area contributed by atoms with E-state index < -0.39 is 4.92 Å². The minimum absolute atomic E-state index is 0.226. The van der Waals surface area contributed by atoms with Crippen LogP contribution in [0, 0.1) is 24.0 Å². The number of aromatic nitrogens is 4. The maximum Gasteiger partial charge on any atom is 0.389 e. The number of hydrogen-bond acceptors (Lipinski definition) is 5. The second-order valence-electron chi connectivity index (χ2n) is 3.22. The van der Waals surface area contributed by atoms with Crippen molar-refractivity contribution in [2.75, 3.05) is 0 Å². The highest BCUT2D eigenvalue weighted by atomic mass is 16.6. The number of nitrogens with zero attached hydrogens (tertiary/aromatic N) is 5. The normalized spacial score (nSPS) is 10.4. The summed E-state index contributed by atoms with van der Waals surface area (Å²) in [6.07, 6.45) is 1.38. The van der Waals surface area contributed by atoms with Crippen molar-refractivity contribution in [2.24, 2.45) is 0 Å². The van der Waals surface area contributed by atoms with Gasteiger partial charge in [0.15, 0.2) is 5.69 Å². The molecule has 2 rings (SSSR count). The fourth-order valence-electron chi connectivity index (χ4n) is 1.44. The van der Waals surface area contributed by atoms with Crippen LogP contribution in [0.25, 0.3) is 5.69 Å². The molecule has 0 saturated carbocycles. The minimum Gasteiger partial charge on any atom is -0.358 e. The zero-order valence-electron chi connectivity index (χ0n) is 8.78. The highest BCUT2D eigenvalue weighted by Crippen LogP contribution is 2.19. The topological polar surface area (TPSA) is 86.7 Å². The number of aryl methyl sites for hydroxylation is 2. The van der Waals surface area contributed by atoms with Crippen molar-refractivity contribution in [3.05, 3.63) is 40.1 Å². The summed E-state index contributed by atoms with van der Waals surface area (Å²) in [5.74, 6) is 0.930. The third-order valence-corrected chi connectivity index (χ3v) is 2.04. The Bertz CT molecular complexity index is 549. The van der Waals surface area contributed by atoms with Gasteiger partial charge in [-0.05, 0) is 35.9 Å². The molecule has 7 heteroatoms. The van der Waals surface area contributed by atoms with Crippen LogP contribution in [0.1, 0.15) is 11.6 Å². The molecule has 16 heavy (non-hydrogen) atoms. The van der Waals surface area contributed by atoms with Gasteiger partial charge in [0.2, 0.25) is 0 Å². The first-order valence-corrected chi connectivity index (χ1v) is 4.59. The van der Waals surface area contributed by atoms with Crippen molar-refractivity contribution in [3.8, 4) is 5.69 Å². The van der Waals surface area contributed by atoms with Crippen LogP contribution in [0.4, 0.5) is 5.82 Å². The lowest BCUT2D eigenvalue weighted by atomic mass is 10.4. The zero-order valence-corrected chi connectivity index (χ0v) is 8.78. The van der Waals surface area contributed by atoms with Crippen molar-refractivity contribution >= 4 is 5.82 Å². The van der Waals surface area contributed by atoms with Crippen LogP contribution in [0.2, 0.25) is 0 Å². The molecule has 0 aliphatic rings. The van der Waals surface area contributed by atoms with Gasteiger partial charge in [0, 0.05) is 0 Å². The summed E-state index contributed by atoms with van der Waals surface area (Å²) in [5, 5.41) is 14.9. The quantitative estimate of drug-likeness (QED) is 0.559. The fraction of sp³-hybridized carbons (Fsp3) is 0.222. The van der Waals surface area contributed by atoms with Crippen molar-refractivity contribution in [2.45, 2.75) is 13.8 Å². The Labute approximate surface area is 90.9 Å². The highest BCUT2D eigenvalue weighted by molar-refractivity contribution is 5.46. The molecule has 0 radical (unpaired) electrons. The molecule has 0 unspecified atom stereocenters. The SMILES string of the molecule is Cc1nc(C)n(-c2cccnc2[N+](=O)[O-])n1. The monoisotopic (exact) mass is 219 g/mol. The van der Waals surface area contributed by atoms with E-state index in [-0.39, 0.29) is 5.82 Å². The fourth-order valence-corrected chi connectivity index (χ4v) is 1.44. The largest absolute Gasteiger partial charge is 0.389 e. The number of rotatable bonds is 2. The van der Waals surface area contributed by atoms with E-state index in [1.807, 2.05) is 0 Å². The molecule has 7 nitrogen and oxygen atoms in total. The van der Waals surface area contributed by atoms with E-state index in [1.165, 1.54) is 10.9 Å². The van der Waals surface area contributed by atoms with E-state index in [9.17, 15) is 10.1 Å². The van der Waals surface area contributed by atoms with Gasteiger partial charge in [-0.1, -0.05) is 0 Å². The minimum atomic E-state index is -0.536. The molecule has 2 aromatic heterocycles. The summed E-state index contributed by atoms with van der Waals surface area (Å²) >= 11 is 0. The number of pyridine rings is 1. The summed E-state index contributed by atoms with van der Waals surface area (Å²) in [7, 11) is 0. The molecular formula is C9H9N5O2. The van der Waals surface area contributed by atoms with E-state index in [4.69, 9.17) is 0 Å². The van der Waals surface area contributed by atoms with E-state index in [0.717, 1.165) is 0 Å². The molecule has 0 bridgehead atoms. The van der Waals surface area contributed by atoms with Crippen LogP contribution < -0.4 is 0 Å². The third-order valence-electron chi connectivity index (χ3n) is 2.04. The van der Waals surface area contributed by atoms with Gasteiger partial charge in [0.05, 0.1) is 0 Å². The molecule has 0 spiro atoms. The molecule has 2 heterocycles. The smallest absolute Gasteiger partial charge is 0.358 e. The molecule has 2 aromatic rings. The summed E-state index contributed by atoms with van der Waals surface area (Å²) in [6, 6.07) is 3.21. The molecule has 0 aliphatic carbocycles. The second-order valence-corrected chi connectivity index (χ2v) is 3.22. The summed E-state index contributed by atoms with van der Waals surface area (Å²) in [5.41, 5.74) is 0.325. The first-order valence-electron chi connectivity index (χ1n) is 4.59. The van der Waals surface area contributed by atoms with E-state index in [1.54, 1.807) is 26.0 Å². The average molecular weight is 219 g/mol. The molecule has 0 aliphatic heterocycles. The van der Waals surface area contributed by atoms with Crippen LogP contribution in [0.5, 0.6) is 0 Å². The molecule has 82 valence electrons. The van der Waals surface area contributed by atoms with E-state index in [0.29, 0.717) is 17.3 Å². The van der Waals surface area contributed by atoms with Crippen molar-refractivity contribution in [3.63, 3.8) is 0 Å². The van der Waals surface area contributed by atoms with Crippen LogP contribution >= 0.6 is 0 Å². The van der Waals surface area contributed by atoms with Crippen molar-refractivity contribution < 1.29 is 4.92 Å². The molecule has 0 amide bonds. The number of hydrogen-bond donors (Lipinski definition) is 0. The van der Waals surface area contributed by atoms with Crippen LogP contribution in [-0.4, -0.2) is 24.7 Å². The Balaban J connectivity index is 2.64. The first kappa shape index (κ1) is 10.2. The van der Waals surface area contributed by atoms with Gasteiger partial charge in [0.1, 0.15) is 17.8 Å². The molecule has 0 fully saturated rings. The lowest BCUT2D eigenvalue weighted by molar-refractivity contribution is -0.389. The first-order chi connectivity index (χ1) is 7.59. The lowest BCUT2D eigenvalue weighted by Gasteiger charge is -2.02. The summed E-state index contributed by atoms with van der Waals surface area (Å²) < 4.78 is 1.42. The van der Waals surface area contributed by atoms with Gasteiger partial charge in [-0.3, -0.25) is 0 Å². The average Bonchev–Trinajstić information content (AvgIpc) is 2.57. The standard InChI is InChI=1S/C9H9N5O2/c1-6-11-7(2)13(12-6)8-4-3-5-10-9(8)14(15)16/h3-5H,1-2H3. The second kappa shape index (κ2) is 3.69. The third kappa shape index (κ3) is 1.62. The van der Waals surface area contributed by atoms with Crippen LogP contribution in [0.3, 0.4) is 0 Å². The van der Waals surface area contributed by atoms with Gasteiger partial charge in [-0.2, -0.15) is 5.10 Å². The molecule has 0 N–H and O–H groups in total. The van der Waals surface area contributed by atoms with Gasteiger partial charge >= 0.3 is 5.82 Å². The van der Waals surface area contributed by atoms with E-state index >= 15 is 0 Å². The van der Waals surface area contributed by atoms with Gasteiger partial charge in [-0.15, -0.1) is 0 Å².